The number of nitrogens with two attached hydrogens (primary N) is 1. The van der Waals surface area contributed by atoms with Crippen molar-refractivity contribution in [3.05, 3.63) is 34.9 Å². The summed E-state index contributed by atoms with van der Waals surface area (Å²) >= 11 is 0. The van der Waals surface area contributed by atoms with Crippen LogP contribution in [0.1, 0.15) is 24.5 Å². The second-order valence-corrected chi connectivity index (χ2v) is 5.15. The second-order valence-electron chi connectivity index (χ2n) is 5.15. The molecule has 0 saturated carbocycles. The molecule has 1 aliphatic heterocycles. The van der Waals surface area contributed by atoms with Crippen molar-refractivity contribution in [2.24, 2.45) is 10.7 Å². The Morgan fingerprint density at radius 3 is 2.54 bits per heavy atom. The molecule has 24 heavy (non-hydrogen) atoms. The van der Waals surface area contributed by atoms with Gasteiger partial charge < -0.3 is 11.1 Å². The molecule has 0 unspecified atom stereocenters. The monoisotopic (exact) mass is 347 g/mol. The maximum atomic E-state index is 13.5. The van der Waals surface area contributed by atoms with Gasteiger partial charge in [-0.1, -0.05) is 12.1 Å². The molecule has 0 radical (unpaired) electrons. The zero-order valence-electron chi connectivity index (χ0n) is 12.5. The van der Waals surface area contributed by atoms with Crippen molar-refractivity contribution >= 4 is 23.5 Å². The van der Waals surface area contributed by atoms with Crippen molar-refractivity contribution in [2.45, 2.75) is 25.4 Å². The molecule has 1 aromatic rings. The quantitative estimate of drug-likeness (QED) is 0.824. The summed E-state index contributed by atoms with van der Waals surface area (Å²) in [7, 11) is 0. The number of benzene rings is 1. The van der Waals surface area contributed by atoms with Gasteiger partial charge in [-0.15, -0.1) is 0 Å². The van der Waals surface area contributed by atoms with Gasteiger partial charge in [-0.05, 0) is 19.1 Å². The van der Waals surface area contributed by atoms with Crippen LogP contribution < -0.4 is 11.1 Å². The maximum Gasteiger partial charge on any atom is 0.458 e. The number of amidine groups is 1. The predicted molar refractivity (Wildman–Crippen MR) is 79.0 cm³/mol. The molecule has 0 spiro atoms. The van der Waals surface area contributed by atoms with Crippen molar-refractivity contribution < 1.29 is 26.7 Å². The van der Waals surface area contributed by atoms with Crippen molar-refractivity contribution in [3.8, 4) is 0 Å². The molecule has 0 bridgehead atoms. The van der Waals surface area contributed by atoms with Crippen LogP contribution in [0.5, 0.6) is 0 Å². The zero-order valence-corrected chi connectivity index (χ0v) is 12.5. The lowest BCUT2D eigenvalue weighted by Crippen LogP contribution is -2.33. The van der Waals surface area contributed by atoms with Crippen LogP contribution in [0.2, 0.25) is 0 Å². The first-order valence-corrected chi connectivity index (χ1v) is 6.97. The number of amides is 1. The zero-order chi connectivity index (χ0) is 18.1. The Bertz CT molecular complexity index is 722. The van der Waals surface area contributed by atoms with Gasteiger partial charge in [0.05, 0.1) is 5.69 Å². The fourth-order valence-corrected chi connectivity index (χ4v) is 2.17. The van der Waals surface area contributed by atoms with E-state index < -0.39 is 23.6 Å². The molecular formula is C15H14F5N3O. The number of alkyl halides is 5. The van der Waals surface area contributed by atoms with Gasteiger partial charge in [0.1, 0.15) is 5.84 Å². The Kier molecular flexibility index (Phi) is 4.63. The summed E-state index contributed by atoms with van der Waals surface area (Å²) in [6, 6.07) is 2.35. The Hall–Kier alpha value is -2.45. The molecule has 0 aliphatic carbocycles. The lowest BCUT2D eigenvalue weighted by molar-refractivity contribution is -0.289. The normalized spacial score (nSPS) is 15.1. The molecule has 9 heteroatoms. The number of carbonyl (C=O) groups is 1. The Morgan fingerprint density at radius 2 is 1.96 bits per heavy atom. The lowest BCUT2D eigenvalue weighted by atomic mass is 10.0. The van der Waals surface area contributed by atoms with Crippen molar-refractivity contribution in [1.82, 2.24) is 5.32 Å². The number of fused-ring (bicyclic) bond motifs is 1. The van der Waals surface area contributed by atoms with Gasteiger partial charge in [-0.25, -0.2) is 4.99 Å². The number of aliphatic imine (C=N–C) groups is 1. The van der Waals surface area contributed by atoms with Crippen LogP contribution in [0, 0.1) is 0 Å². The van der Waals surface area contributed by atoms with Crippen LogP contribution in [-0.4, -0.2) is 24.5 Å². The van der Waals surface area contributed by atoms with E-state index in [2.05, 4.69) is 10.3 Å². The number of carbonyl (C=O) groups excluding carboxylic acids is 1. The highest BCUT2D eigenvalue weighted by atomic mass is 19.4. The Balaban J connectivity index is 2.51. The van der Waals surface area contributed by atoms with E-state index in [9.17, 15) is 26.7 Å². The number of nitrogens with zero attached hydrogens (tertiary/aromatic N) is 1. The van der Waals surface area contributed by atoms with Gasteiger partial charge in [-0.3, -0.25) is 4.79 Å². The first kappa shape index (κ1) is 17.9. The van der Waals surface area contributed by atoms with E-state index in [0.717, 1.165) is 6.07 Å². The fraction of sp³-hybridized carbons (Fsp3) is 0.333. The molecule has 1 aromatic carbocycles. The average molecular weight is 347 g/mol. The summed E-state index contributed by atoms with van der Waals surface area (Å²) < 4.78 is 64.4. The van der Waals surface area contributed by atoms with E-state index in [4.69, 9.17) is 5.73 Å². The van der Waals surface area contributed by atoms with Crippen LogP contribution >= 0.6 is 0 Å². The van der Waals surface area contributed by atoms with Gasteiger partial charge in [0.15, 0.2) is 0 Å². The Labute approximate surface area is 134 Å². The van der Waals surface area contributed by atoms with Crippen LogP contribution in [0.4, 0.5) is 27.6 Å². The third-order valence-electron chi connectivity index (χ3n) is 3.34. The molecule has 0 fully saturated rings. The first-order valence-electron chi connectivity index (χ1n) is 6.97. The summed E-state index contributed by atoms with van der Waals surface area (Å²) in [4.78, 5) is 15.8. The summed E-state index contributed by atoms with van der Waals surface area (Å²) in [5.74, 6) is -5.47. The molecular weight excluding hydrogens is 333 g/mol. The maximum absolute atomic E-state index is 13.5. The Morgan fingerprint density at radius 1 is 1.29 bits per heavy atom. The molecule has 0 aromatic heterocycles. The van der Waals surface area contributed by atoms with Crippen LogP contribution in [0.15, 0.2) is 28.8 Å². The third kappa shape index (κ3) is 3.39. The molecule has 2 rings (SSSR count). The SMILES string of the molecule is CCNC(=O)C1=Cc2ccc(C(F)(F)C(F)(F)F)cc2N=C(N)C1. The largest absolute Gasteiger partial charge is 0.458 e. The first-order chi connectivity index (χ1) is 11.1. The minimum Gasteiger partial charge on any atom is -0.387 e. The minimum absolute atomic E-state index is 0.0362. The fourth-order valence-electron chi connectivity index (χ4n) is 2.17. The predicted octanol–water partition coefficient (Wildman–Crippen LogP) is 3.25. The third-order valence-corrected chi connectivity index (χ3v) is 3.34. The number of nitrogens with one attached hydrogen (secondary N) is 1. The molecule has 0 saturated heterocycles. The van der Waals surface area contributed by atoms with Gasteiger partial charge >= 0.3 is 12.1 Å². The molecule has 130 valence electrons. The van der Waals surface area contributed by atoms with Crippen molar-refractivity contribution in [2.75, 3.05) is 6.54 Å². The number of rotatable bonds is 3. The number of hydrogen-bond donors (Lipinski definition) is 2. The molecule has 1 aliphatic rings. The smallest absolute Gasteiger partial charge is 0.387 e. The van der Waals surface area contributed by atoms with E-state index in [1.165, 1.54) is 6.08 Å². The molecule has 1 amide bonds. The molecule has 0 atom stereocenters. The van der Waals surface area contributed by atoms with E-state index >= 15 is 0 Å². The van der Waals surface area contributed by atoms with Crippen molar-refractivity contribution in [1.29, 1.82) is 0 Å². The molecule has 1 heterocycles. The van der Waals surface area contributed by atoms with Crippen LogP contribution in [0.3, 0.4) is 0 Å². The highest BCUT2D eigenvalue weighted by Gasteiger charge is 2.58. The van der Waals surface area contributed by atoms with Gasteiger partial charge in [-0.2, -0.15) is 22.0 Å². The summed E-state index contributed by atoms with van der Waals surface area (Å²) in [5.41, 5.74) is 4.73. The lowest BCUT2D eigenvalue weighted by Gasteiger charge is -2.20. The molecule has 3 N–H and O–H groups in total. The minimum atomic E-state index is -5.72. The van der Waals surface area contributed by atoms with Gasteiger partial charge in [0.25, 0.3) is 0 Å². The summed E-state index contributed by atoms with van der Waals surface area (Å²) in [5, 5.41) is 2.56. The van der Waals surface area contributed by atoms with Crippen LogP contribution in [-0.2, 0) is 10.7 Å². The number of halogens is 5. The van der Waals surface area contributed by atoms with E-state index in [1.807, 2.05) is 0 Å². The van der Waals surface area contributed by atoms with E-state index in [-0.39, 0.29) is 29.1 Å². The second kappa shape index (κ2) is 6.21. The van der Waals surface area contributed by atoms with Gasteiger partial charge in [0, 0.05) is 29.7 Å². The van der Waals surface area contributed by atoms with E-state index in [0.29, 0.717) is 18.7 Å². The topological polar surface area (TPSA) is 67.5 Å². The highest BCUT2D eigenvalue weighted by Crippen LogP contribution is 2.45. The average Bonchev–Trinajstić information content (AvgIpc) is 2.63. The number of hydrogen-bond acceptors (Lipinski definition) is 3. The molecule has 4 nitrogen and oxygen atoms in total. The summed E-state index contributed by atoms with van der Waals surface area (Å²) in [6.45, 7) is 2.09. The number of likely N-dealkylation sites (N-methyl/N-ethyl adjacent to an activating group) is 1. The van der Waals surface area contributed by atoms with Crippen LogP contribution in [0.25, 0.3) is 6.08 Å². The van der Waals surface area contributed by atoms with Crippen molar-refractivity contribution in [3.63, 3.8) is 0 Å². The highest BCUT2D eigenvalue weighted by molar-refractivity contribution is 6.05. The van der Waals surface area contributed by atoms with E-state index in [1.54, 1.807) is 6.92 Å². The summed E-state index contributed by atoms with van der Waals surface area (Å²) in [6.07, 6.45) is -4.38. The van der Waals surface area contributed by atoms with Gasteiger partial charge in [0.2, 0.25) is 5.91 Å². The standard InChI is InChI=1S/C15H14F5N3O/c1-2-22-13(24)9-5-8-3-4-10(14(16,17)15(18,19)20)7-11(8)23-12(21)6-9/h3-5,7H,2,6H2,1H3,(H2,21,23)(H,22,24).